The number of aromatic nitrogens is 1. The monoisotopic (exact) mass is 426 g/mol. The number of carboxylic acid groups (broad SMARTS) is 1. The van der Waals surface area contributed by atoms with Crippen LogP contribution in [0.4, 0.5) is 0 Å². The summed E-state index contributed by atoms with van der Waals surface area (Å²) in [6.45, 7) is 4.07. The van der Waals surface area contributed by atoms with E-state index >= 15 is 0 Å². The first kappa shape index (κ1) is 25.2. The van der Waals surface area contributed by atoms with Crippen molar-refractivity contribution in [2.24, 2.45) is 0 Å². The summed E-state index contributed by atoms with van der Waals surface area (Å²) in [7, 11) is 0. The van der Waals surface area contributed by atoms with E-state index < -0.39 is 5.97 Å². The molecule has 1 aliphatic rings. The molecule has 4 heteroatoms. The third kappa shape index (κ3) is 9.71. The van der Waals surface area contributed by atoms with Crippen molar-refractivity contribution >= 4 is 11.7 Å². The maximum Gasteiger partial charge on any atom is 0.336 e. The van der Waals surface area contributed by atoms with Gasteiger partial charge < -0.3 is 10.0 Å². The van der Waals surface area contributed by atoms with Gasteiger partial charge in [0.25, 0.3) is 0 Å². The van der Waals surface area contributed by atoms with Crippen molar-refractivity contribution in [1.29, 1.82) is 0 Å². The van der Waals surface area contributed by atoms with Gasteiger partial charge in [0, 0.05) is 36.7 Å². The molecule has 0 saturated carbocycles. The first-order valence-electron chi connectivity index (χ1n) is 12.5. The molecule has 0 unspecified atom stereocenters. The lowest BCUT2D eigenvalue weighted by Gasteiger charge is -2.29. The molecule has 0 bridgehead atoms. The van der Waals surface area contributed by atoms with Crippen LogP contribution >= 0.6 is 0 Å². The van der Waals surface area contributed by atoms with E-state index in [-0.39, 0.29) is 0 Å². The molecule has 0 saturated heterocycles. The van der Waals surface area contributed by atoms with E-state index in [2.05, 4.69) is 22.9 Å². The molecule has 0 fully saturated rings. The summed E-state index contributed by atoms with van der Waals surface area (Å²) in [4.78, 5) is 18.0. The molecule has 1 aromatic heterocycles. The Morgan fingerprint density at radius 1 is 0.935 bits per heavy atom. The van der Waals surface area contributed by atoms with Crippen LogP contribution in [0.2, 0.25) is 0 Å². The summed E-state index contributed by atoms with van der Waals surface area (Å²) in [5, 5.41) is 9.50. The Morgan fingerprint density at radius 3 is 2.10 bits per heavy atom. The van der Waals surface area contributed by atoms with Crippen molar-refractivity contribution < 1.29 is 9.90 Å². The highest BCUT2D eigenvalue weighted by molar-refractivity contribution is 5.93. The molecule has 4 nitrogen and oxygen atoms in total. The summed E-state index contributed by atoms with van der Waals surface area (Å²) in [6.07, 6.45) is 28.4. The molecule has 1 aromatic rings. The lowest BCUT2D eigenvalue weighted by Crippen LogP contribution is -2.26. The number of hydrogen-bond acceptors (Lipinski definition) is 3. The van der Waals surface area contributed by atoms with Crippen LogP contribution in [0.5, 0.6) is 0 Å². The largest absolute Gasteiger partial charge is 0.478 e. The van der Waals surface area contributed by atoms with Crippen molar-refractivity contribution in [3.63, 3.8) is 0 Å². The molecule has 0 aromatic carbocycles. The maximum absolute atomic E-state index is 11.6. The normalized spacial score (nSPS) is 13.5. The number of carbonyl (C=O) groups is 1. The van der Waals surface area contributed by atoms with Gasteiger partial charge in [0.05, 0.1) is 5.56 Å². The molecule has 2 heterocycles. The highest BCUT2D eigenvalue weighted by Gasteiger charge is 2.18. The molecule has 0 atom stereocenters. The summed E-state index contributed by atoms with van der Waals surface area (Å²) >= 11 is 0. The van der Waals surface area contributed by atoms with Gasteiger partial charge in [0.1, 0.15) is 0 Å². The fourth-order valence-electron chi connectivity index (χ4n) is 4.31. The second-order valence-corrected chi connectivity index (χ2v) is 8.75. The average Bonchev–Trinajstić information content (AvgIpc) is 2.79. The van der Waals surface area contributed by atoms with E-state index in [1.165, 1.54) is 83.5 Å². The van der Waals surface area contributed by atoms with Crippen molar-refractivity contribution in [1.82, 2.24) is 9.88 Å². The molecule has 31 heavy (non-hydrogen) atoms. The van der Waals surface area contributed by atoms with Gasteiger partial charge in [-0.1, -0.05) is 103 Å². The highest BCUT2D eigenvalue weighted by Crippen LogP contribution is 2.25. The van der Waals surface area contributed by atoms with Crippen molar-refractivity contribution in [3.8, 4) is 0 Å². The maximum atomic E-state index is 11.6. The second-order valence-electron chi connectivity index (χ2n) is 8.75. The lowest BCUT2D eigenvalue weighted by atomic mass is 10.0. The molecule has 0 radical (unpaired) electrons. The molecule has 0 amide bonds. The third-order valence-corrected chi connectivity index (χ3v) is 6.17. The molecule has 2 rings (SSSR count). The molecular formula is C27H42N2O2. The summed E-state index contributed by atoms with van der Waals surface area (Å²) in [5.74, 6) is -0.899. The number of unbranched alkanes of at least 4 members (excludes halogenated alkanes) is 13. The van der Waals surface area contributed by atoms with Gasteiger partial charge in [0.15, 0.2) is 0 Å². The second kappa shape index (κ2) is 15.7. The van der Waals surface area contributed by atoms with Crippen LogP contribution < -0.4 is 0 Å². The van der Waals surface area contributed by atoms with Crippen LogP contribution in [0.25, 0.3) is 5.70 Å². The fraction of sp³-hybridized carbons (Fsp3) is 0.630. The van der Waals surface area contributed by atoms with E-state index in [0.717, 1.165) is 25.2 Å². The van der Waals surface area contributed by atoms with E-state index in [4.69, 9.17) is 0 Å². The Hall–Kier alpha value is -2.10. The molecular weight excluding hydrogens is 384 g/mol. The molecule has 0 spiro atoms. The molecule has 1 aliphatic heterocycles. The number of pyridine rings is 1. The number of nitrogens with zero attached hydrogens (tertiary/aromatic N) is 2. The first-order valence-corrected chi connectivity index (χ1v) is 12.5. The van der Waals surface area contributed by atoms with E-state index in [9.17, 15) is 9.90 Å². The zero-order valence-electron chi connectivity index (χ0n) is 19.5. The minimum Gasteiger partial charge on any atom is -0.478 e. The molecule has 1 N–H and O–H groups in total. The van der Waals surface area contributed by atoms with E-state index in [1.54, 1.807) is 18.5 Å². The molecule has 172 valence electrons. The zero-order chi connectivity index (χ0) is 22.2. The number of carboxylic acids is 1. The Balaban J connectivity index is 1.57. The SMILES string of the molecule is CCCCCCCCCCCCCCCCN1CC=CC=C1c1cnccc1C(=O)O. The van der Waals surface area contributed by atoms with Crippen LogP contribution in [0.15, 0.2) is 36.7 Å². The van der Waals surface area contributed by atoms with Gasteiger partial charge in [-0.05, 0) is 18.6 Å². The predicted molar refractivity (Wildman–Crippen MR) is 130 cm³/mol. The Kier molecular flexibility index (Phi) is 12.7. The number of rotatable bonds is 17. The van der Waals surface area contributed by atoms with Crippen LogP contribution in [0, 0.1) is 0 Å². The minimum atomic E-state index is -0.899. The lowest BCUT2D eigenvalue weighted by molar-refractivity contribution is 0.0696. The standard InChI is InChI=1S/C27H42N2O2/c1-2-3-4-5-6-7-8-9-10-11-12-13-14-16-21-29-22-17-15-18-26(29)25-23-28-20-19-24(25)27(30)31/h15,17-20,23H,2-14,16,21-22H2,1H3,(H,30,31). The minimum absolute atomic E-state index is 0.322. The van der Waals surface area contributed by atoms with Gasteiger partial charge in [0.2, 0.25) is 0 Å². The van der Waals surface area contributed by atoms with Crippen molar-refractivity contribution in [2.75, 3.05) is 13.1 Å². The Labute approximate surface area is 189 Å². The van der Waals surface area contributed by atoms with Gasteiger partial charge in [-0.3, -0.25) is 4.98 Å². The van der Waals surface area contributed by atoms with Crippen LogP contribution in [-0.4, -0.2) is 34.0 Å². The van der Waals surface area contributed by atoms with Gasteiger partial charge in [-0.2, -0.15) is 0 Å². The van der Waals surface area contributed by atoms with Crippen molar-refractivity contribution in [3.05, 3.63) is 47.8 Å². The van der Waals surface area contributed by atoms with E-state index in [1.807, 2.05) is 12.2 Å². The highest BCUT2D eigenvalue weighted by atomic mass is 16.4. The summed E-state index contributed by atoms with van der Waals surface area (Å²) in [5.41, 5.74) is 2.01. The van der Waals surface area contributed by atoms with Gasteiger partial charge in [-0.25, -0.2) is 4.79 Å². The quantitative estimate of drug-likeness (QED) is 0.262. The number of aromatic carboxylic acids is 1. The predicted octanol–water partition coefficient (Wildman–Crippen LogP) is 7.47. The zero-order valence-corrected chi connectivity index (χ0v) is 19.5. The molecule has 0 aliphatic carbocycles. The summed E-state index contributed by atoms with van der Waals surface area (Å²) < 4.78 is 0. The first-order chi connectivity index (χ1) is 15.2. The van der Waals surface area contributed by atoms with Crippen LogP contribution in [0.3, 0.4) is 0 Å². The summed E-state index contributed by atoms with van der Waals surface area (Å²) in [6, 6.07) is 1.58. The van der Waals surface area contributed by atoms with Crippen LogP contribution in [-0.2, 0) is 0 Å². The van der Waals surface area contributed by atoms with Gasteiger partial charge in [-0.15, -0.1) is 0 Å². The smallest absolute Gasteiger partial charge is 0.336 e. The van der Waals surface area contributed by atoms with Crippen LogP contribution in [0.1, 0.15) is 113 Å². The number of hydrogen-bond donors (Lipinski definition) is 1. The van der Waals surface area contributed by atoms with Crippen molar-refractivity contribution in [2.45, 2.75) is 96.8 Å². The fourth-order valence-corrected chi connectivity index (χ4v) is 4.31. The Bertz CT molecular complexity index is 696. The number of allylic oxidation sites excluding steroid dienone is 2. The average molecular weight is 427 g/mol. The topological polar surface area (TPSA) is 53.4 Å². The Morgan fingerprint density at radius 2 is 1.52 bits per heavy atom. The van der Waals surface area contributed by atoms with E-state index in [0.29, 0.717) is 11.1 Å². The third-order valence-electron chi connectivity index (χ3n) is 6.17. The van der Waals surface area contributed by atoms with Gasteiger partial charge >= 0.3 is 5.97 Å².